The third-order valence-electron chi connectivity index (χ3n) is 4.84. The summed E-state index contributed by atoms with van der Waals surface area (Å²) >= 11 is 0. The molecule has 0 spiro atoms. The Kier molecular flexibility index (Phi) is 4.86. The summed E-state index contributed by atoms with van der Waals surface area (Å²) in [5, 5.41) is 2.94. The van der Waals surface area contributed by atoms with E-state index in [1.165, 1.54) is 5.57 Å². The zero-order valence-electron chi connectivity index (χ0n) is 13.0. The van der Waals surface area contributed by atoms with Gasteiger partial charge in [0.1, 0.15) is 6.10 Å². The molecule has 1 saturated heterocycles. The van der Waals surface area contributed by atoms with Gasteiger partial charge in [-0.15, -0.1) is 13.2 Å². The molecule has 2 heterocycles. The van der Waals surface area contributed by atoms with Crippen molar-refractivity contribution in [1.29, 1.82) is 0 Å². The van der Waals surface area contributed by atoms with Crippen LogP contribution in [0.3, 0.4) is 0 Å². The molecule has 0 aromatic rings. The van der Waals surface area contributed by atoms with E-state index >= 15 is 0 Å². The molecule has 116 valence electrons. The van der Waals surface area contributed by atoms with Gasteiger partial charge in [0.15, 0.2) is 0 Å². The lowest BCUT2D eigenvalue weighted by molar-refractivity contribution is -0.146. The first-order chi connectivity index (χ1) is 10.1. The van der Waals surface area contributed by atoms with Crippen LogP contribution in [0.4, 0.5) is 0 Å². The smallest absolute Gasteiger partial charge is 0.309 e. The van der Waals surface area contributed by atoms with E-state index in [1.807, 2.05) is 6.92 Å². The van der Waals surface area contributed by atoms with Gasteiger partial charge in [-0.05, 0) is 31.6 Å². The highest BCUT2D eigenvalue weighted by atomic mass is 16.6. The predicted octanol–water partition coefficient (Wildman–Crippen LogP) is 2.60. The molecule has 4 heteroatoms. The highest BCUT2D eigenvalue weighted by Gasteiger charge is 2.44. The van der Waals surface area contributed by atoms with E-state index in [1.54, 1.807) is 0 Å². The fraction of sp³-hybridized carbons (Fsp3) is 0.647. The number of carbonyl (C=O) groups excluding carboxylic acids is 2. The molecule has 2 aliphatic heterocycles. The molecule has 0 radical (unpaired) electrons. The topological polar surface area (TPSA) is 55.4 Å². The Bertz CT molecular complexity index is 469. The summed E-state index contributed by atoms with van der Waals surface area (Å²) in [6.45, 7) is 10.8. The number of hydrogen-bond acceptors (Lipinski definition) is 3. The molecule has 1 amide bonds. The van der Waals surface area contributed by atoms with Crippen molar-refractivity contribution in [2.45, 2.75) is 45.6 Å². The van der Waals surface area contributed by atoms with Gasteiger partial charge < -0.3 is 10.1 Å². The lowest BCUT2D eigenvalue weighted by Gasteiger charge is -2.38. The zero-order chi connectivity index (χ0) is 15.6. The second-order valence-corrected chi connectivity index (χ2v) is 6.18. The number of ether oxygens (including phenoxy) is 1. The van der Waals surface area contributed by atoms with E-state index in [0.717, 1.165) is 37.8 Å². The number of hydrogen-bond donors (Lipinski definition) is 1. The van der Waals surface area contributed by atoms with E-state index in [2.05, 4.69) is 25.4 Å². The Labute approximate surface area is 126 Å². The van der Waals surface area contributed by atoms with Gasteiger partial charge >= 0.3 is 5.97 Å². The molecule has 4 nitrogen and oxygen atoms in total. The molecule has 4 atom stereocenters. The number of amides is 1. The highest BCUT2D eigenvalue weighted by molar-refractivity contribution is 5.96. The van der Waals surface area contributed by atoms with Crippen LogP contribution >= 0.6 is 0 Å². The largest absolute Gasteiger partial charge is 0.461 e. The van der Waals surface area contributed by atoms with E-state index in [9.17, 15) is 9.59 Å². The minimum atomic E-state index is -0.110. The summed E-state index contributed by atoms with van der Waals surface area (Å²) in [5.41, 5.74) is 2.22. The van der Waals surface area contributed by atoms with Crippen LogP contribution in [-0.4, -0.2) is 24.5 Å². The van der Waals surface area contributed by atoms with Crippen LogP contribution in [0.5, 0.6) is 0 Å². The van der Waals surface area contributed by atoms with Crippen LogP contribution in [0.1, 0.15) is 39.5 Å². The van der Waals surface area contributed by atoms with Crippen molar-refractivity contribution in [2.24, 2.45) is 17.8 Å². The van der Waals surface area contributed by atoms with Gasteiger partial charge in [-0.2, -0.15) is 0 Å². The molecule has 0 aromatic heterocycles. The van der Waals surface area contributed by atoms with E-state index < -0.39 is 0 Å². The minimum Gasteiger partial charge on any atom is -0.461 e. The summed E-state index contributed by atoms with van der Waals surface area (Å²) in [4.78, 5) is 23.8. The Hall–Kier alpha value is -1.58. The van der Waals surface area contributed by atoms with Gasteiger partial charge in [-0.3, -0.25) is 9.59 Å². The summed E-state index contributed by atoms with van der Waals surface area (Å²) < 4.78 is 5.53. The van der Waals surface area contributed by atoms with Crippen LogP contribution in [-0.2, 0) is 14.3 Å². The molecule has 1 aliphatic carbocycles. The van der Waals surface area contributed by atoms with Crippen molar-refractivity contribution in [3.63, 3.8) is 0 Å². The molecule has 0 aromatic carbocycles. The number of rotatable bonds is 1. The average molecular weight is 291 g/mol. The Morgan fingerprint density at radius 2 is 1.90 bits per heavy atom. The maximum Gasteiger partial charge on any atom is 0.309 e. The minimum absolute atomic E-state index is 0.0326. The summed E-state index contributed by atoms with van der Waals surface area (Å²) in [5.74, 6) is 0.424. The molecule has 21 heavy (non-hydrogen) atoms. The van der Waals surface area contributed by atoms with Crippen LogP contribution < -0.4 is 5.32 Å². The van der Waals surface area contributed by atoms with Crippen molar-refractivity contribution >= 4 is 11.9 Å². The first-order valence-corrected chi connectivity index (χ1v) is 7.78. The lowest BCUT2D eigenvalue weighted by atomic mass is 9.70. The summed E-state index contributed by atoms with van der Waals surface area (Å²) in [7, 11) is 0. The predicted molar refractivity (Wildman–Crippen MR) is 81.5 cm³/mol. The highest BCUT2D eigenvalue weighted by Crippen LogP contribution is 2.43. The summed E-state index contributed by atoms with van der Waals surface area (Å²) in [6, 6.07) is 0. The SMILES string of the molecule is C=C.CC1CC(C2C3=C(CCNC3=O)CCC2C)OC1=O. The number of cyclic esters (lactones) is 1. The molecule has 0 saturated carbocycles. The lowest BCUT2D eigenvalue weighted by Crippen LogP contribution is -2.42. The number of nitrogens with one attached hydrogen (secondary N) is 1. The van der Waals surface area contributed by atoms with Crippen molar-refractivity contribution in [1.82, 2.24) is 5.32 Å². The van der Waals surface area contributed by atoms with Crippen LogP contribution in [0.15, 0.2) is 24.3 Å². The van der Waals surface area contributed by atoms with Gasteiger partial charge in [0.25, 0.3) is 0 Å². The van der Waals surface area contributed by atoms with Crippen molar-refractivity contribution < 1.29 is 14.3 Å². The normalized spacial score (nSPS) is 35.3. The molecule has 1 N–H and O–H groups in total. The van der Waals surface area contributed by atoms with Crippen molar-refractivity contribution in [2.75, 3.05) is 6.54 Å². The fourth-order valence-electron chi connectivity index (χ4n) is 3.76. The molecule has 3 aliphatic rings. The summed E-state index contributed by atoms with van der Waals surface area (Å²) in [6.07, 6.45) is 3.72. The average Bonchev–Trinajstić information content (AvgIpc) is 2.81. The maximum atomic E-state index is 12.2. The zero-order valence-corrected chi connectivity index (χ0v) is 13.0. The van der Waals surface area contributed by atoms with Gasteiger partial charge in [-0.1, -0.05) is 19.4 Å². The number of esters is 1. The maximum absolute atomic E-state index is 12.2. The molecular formula is C17H25NO3. The standard InChI is InChI=1S/C15H21NO3.C2H4/c1-8-3-4-10-5-6-16-14(17)13(10)12(8)11-7-9(2)15(18)19-11;1-2/h8-9,11-12H,3-7H2,1-2H3,(H,16,17);1-2H2. The first-order valence-electron chi connectivity index (χ1n) is 7.78. The van der Waals surface area contributed by atoms with Crippen molar-refractivity contribution in [3.05, 3.63) is 24.3 Å². The van der Waals surface area contributed by atoms with Crippen LogP contribution in [0.25, 0.3) is 0 Å². The molecule has 4 unspecified atom stereocenters. The van der Waals surface area contributed by atoms with E-state index in [-0.39, 0.29) is 29.8 Å². The molecule has 3 rings (SSSR count). The second-order valence-electron chi connectivity index (χ2n) is 6.18. The second kappa shape index (κ2) is 6.46. The molecule has 1 fully saturated rings. The van der Waals surface area contributed by atoms with Gasteiger partial charge in [0, 0.05) is 18.0 Å². The first kappa shape index (κ1) is 15.8. The van der Waals surface area contributed by atoms with Gasteiger partial charge in [0.2, 0.25) is 5.91 Å². The third-order valence-corrected chi connectivity index (χ3v) is 4.84. The monoisotopic (exact) mass is 291 g/mol. The molecule has 0 bridgehead atoms. The van der Waals surface area contributed by atoms with Crippen LogP contribution in [0.2, 0.25) is 0 Å². The van der Waals surface area contributed by atoms with E-state index in [0.29, 0.717) is 5.92 Å². The Balaban J connectivity index is 0.000000774. The van der Waals surface area contributed by atoms with Gasteiger partial charge in [0.05, 0.1) is 5.92 Å². The Morgan fingerprint density at radius 1 is 1.19 bits per heavy atom. The number of carbonyl (C=O) groups is 2. The fourth-order valence-corrected chi connectivity index (χ4v) is 3.76. The quantitative estimate of drug-likeness (QED) is 0.597. The van der Waals surface area contributed by atoms with Gasteiger partial charge in [-0.25, -0.2) is 0 Å². The van der Waals surface area contributed by atoms with Crippen LogP contribution in [0, 0.1) is 17.8 Å². The molecular weight excluding hydrogens is 266 g/mol. The van der Waals surface area contributed by atoms with E-state index in [4.69, 9.17) is 4.74 Å². The van der Waals surface area contributed by atoms with Crippen molar-refractivity contribution in [3.8, 4) is 0 Å². The third kappa shape index (κ3) is 2.89. The Morgan fingerprint density at radius 3 is 2.52 bits per heavy atom.